The topological polar surface area (TPSA) is 55.5 Å². The third kappa shape index (κ3) is 7.02. The van der Waals surface area contributed by atoms with Crippen LogP contribution in [0.4, 0.5) is 0 Å². The van der Waals surface area contributed by atoms with Crippen LogP contribution in [0, 0.1) is 6.92 Å². The van der Waals surface area contributed by atoms with Gasteiger partial charge in [0.25, 0.3) is 0 Å². The van der Waals surface area contributed by atoms with Crippen LogP contribution >= 0.6 is 24.0 Å². The Morgan fingerprint density at radius 2 is 1.77 bits per heavy atom. The summed E-state index contributed by atoms with van der Waals surface area (Å²) >= 11 is 0. The Morgan fingerprint density at radius 3 is 2.47 bits per heavy atom. The molecule has 0 fully saturated rings. The summed E-state index contributed by atoms with van der Waals surface area (Å²) in [5.41, 5.74) is 6.36. The van der Waals surface area contributed by atoms with Gasteiger partial charge in [0, 0.05) is 36.7 Å². The third-order valence-electron chi connectivity index (χ3n) is 4.90. The van der Waals surface area contributed by atoms with E-state index in [4.69, 9.17) is 4.99 Å². The standard InChI is InChI=1S/C24H33N5.HI/c1-5-25-24(28-15-19-7-9-20(10-8-19)17-29(3)4)26-13-12-21-16-27-23-14-18(2)6-11-22(21)23;/h6-11,14,16,27H,5,12-13,15,17H2,1-4H3,(H2,25,26,28);1H. The number of hydrogen-bond acceptors (Lipinski definition) is 2. The van der Waals surface area contributed by atoms with Crippen molar-refractivity contribution in [3.63, 3.8) is 0 Å². The Balaban J connectivity index is 0.00000320. The summed E-state index contributed by atoms with van der Waals surface area (Å²) in [7, 11) is 4.17. The fraction of sp³-hybridized carbons (Fsp3) is 0.375. The lowest BCUT2D eigenvalue weighted by Crippen LogP contribution is -2.38. The van der Waals surface area contributed by atoms with Crippen molar-refractivity contribution in [3.8, 4) is 0 Å². The van der Waals surface area contributed by atoms with Crippen LogP contribution in [0.1, 0.15) is 29.2 Å². The Hall–Kier alpha value is -2.06. The second-order valence-electron chi connectivity index (χ2n) is 7.79. The van der Waals surface area contributed by atoms with Crippen molar-refractivity contribution in [3.05, 3.63) is 70.9 Å². The number of aryl methyl sites for hydroxylation is 1. The SMILES string of the molecule is CCNC(=NCc1ccc(CN(C)C)cc1)NCCc1c[nH]c2cc(C)ccc12.I. The molecule has 3 aromatic rings. The first-order valence-corrected chi connectivity index (χ1v) is 10.4. The van der Waals surface area contributed by atoms with Crippen LogP contribution in [0.3, 0.4) is 0 Å². The molecule has 0 aliphatic carbocycles. The van der Waals surface area contributed by atoms with Crippen molar-refractivity contribution in [1.82, 2.24) is 20.5 Å². The molecule has 0 saturated carbocycles. The second kappa shape index (κ2) is 12.0. The van der Waals surface area contributed by atoms with Crippen molar-refractivity contribution in [2.45, 2.75) is 33.4 Å². The normalized spacial score (nSPS) is 11.6. The molecule has 0 unspecified atom stereocenters. The van der Waals surface area contributed by atoms with E-state index in [1.54, 1.807) is 0 Å². The van der Waals surface area contributed by atoms with Gasteiger partial charge in [0.2, 0.25) is 0 Å². The highest BCUT2D eigenvalue weighted by Gasteiger charge is 2.05. The zero-order valence-corrected chi connectivity index (χ0v) is 20.8. The first kappa shape index (κ1) is 24.2. The van der Waals surface area contributed by atoms with Crippen LogP contribution in [0.25, 0.3) is 10.9 Å². The van der Waals surface area contributed by atoms with E-state index < -0.39 is 0 Å². The minimum Gasteiger partial charge on any atom is -0.361 e. The molecule has 0 aliphatic heterocycles. The average molecular weight is 519 g/mol. The van der Waals surface area contributed by atoms with Crippen LogP contribution < -0.4 is 10.6 Å². The van der Waals surface area contributed by atoms with E-state index in [9.17, 15) is 0 Å². The van der Waals surface area contributed by atoms with E-state index in [2.05, 4.69) is 97.1 Å². The maximum absolute atomic E-state index is 4.74. The minimum atomic E-state index is 0. The minimum absolute atomic E-state index is 0. The lowest BCUT2D eigenvalue weighted by molar-refractivity contribution is 0.402. The van der Waals surface area contributed by atoms with Crippen molar-refractivity contribution in [2.24, 2.45) is 4.99 Å². The maximum atomic E-state index is 4.74. The monoisotopic (exact) mass is 519 g/mol. The van der Waals surface area contributed by atoms with Crippen LogP contribution in [0.2, 0.25) is 0 Å². The molecule has 2 aromatic carbocycles. The van der Waals surface area contributed by atoms with E-state index in [0.717, 1.165) is 32.0 Å². The molecule has 1 aromatic heterocycles. The number of halogens is 1. The average Bonchev–Trinajstić information content (AvgIpc) is 3.09. The number of guanidine groups is 1. The summed E-state index contributed by atoms with van der Waals surface area (Å²) in [5.74, 6) is 0.862. The predicted molar refractivity (Wildman–Crippen MR) is 139 cm³/mol. The highest BCUT2D eigenvalue weighted by Crippen LogP contribution is 2.19. The smallest absolute Gasteiger partial charge is 0.191 e. The van der Waals surface area contributed by atoms with Gasteiger partial charge >= 0.3 is 0 Å². The number of H-pyrrole nitrogens is 1. The van der Waals surface area contributed by atoms with Crippen molar-refractivity contribution in [1.29, 1.82) is 0 Å². The first-order valence-electron chi connectivity index (χ1n) is 10.4. The molecule has 6 heteroatoms. The number of aliphatic imine (C=N–C) groups is 1. The van der Waals surface area contributed by atoms with Crippen molar-refractivity contribution >= 4 is 40.8 Å². The zero-order valence-electron chi connectivity index (χ0n) is 18.5. The Labute approximate surface area is 197 Å². The van der Waals surface area contributed by atoms with Gasteiger partial charge in [0.05, 0.1) is 6.54 Å². The van der Waals surface area contributed by atoms with Crippen LogP contribution in [-0.4, -0.2) is 43.0 Å². The van der Waals surface area contributed by atoms with E-state index in [0.29, 0.717) is 6.54 Å². The summed E-state index contributed by atoms with van der Waals surface area (Å²) in [5, 5.41) is 8.10. The zero-order chi connectivity index (χ0) is 20.6. The summed E-state index contributed by atoms with van der Waals surface area (Å²) in [6, 6.07) is 15.3. The summed E-state index contributed by atoms with van der Waals surface area (Å²) in [4.78, 5) is 10.3. The van der Waals surface area contributed by atoms with Gasteiger partial charge in [0.15, 0.2) is 5.96 Å². The second-order valence-corrected chi connectivity index (χ2v) is 7.79. The van der Waals surface area contributed by atoms with Gasteiger partial charge in [-0.2, -0.15) is 0 Å². The van der Waals surface area contributed by atoms with E-state index in [1.807, 2.05) is 0 Å². The molecule has 0 radical (unpaired) electrons. The third-order valence-corrected chi connectivity index (χ3v) is 4.90. The summed E-state index contributed by atoms with van der Waals surface area (Å²) < 4.78 is 0. The number of benzene rings is 2. The van der Waals surface area contributed by atoms with Gasteiger partial charge in [-0.05, 0) is 62.7 Å². The van der Waals surface area contributed by atoms with Gasteiger partial charge in [-0.1, -0.05) is 36.4 Å². The molecule has 1 heterocycles. The Bertz CT molecular complexity index is 944. The van der Waals surface area contributed by atoms with Crippen molar-refractivity contribution in [2.75, 3.05) is 27.2 Å². The summed E-state index contributed by atoms with van der Waals surface area (Å²) in [6.45, 7) is 7.53. The molecule has 5 nitrogen and oxygen atoms in total. The van der Waals surface area contributed by atoms with Gasteiger partial charge in [-0.3, -0.25) is 0 Å². The van der Waals surface area contributed by atoms with Gasteiger partial charge < -0.3 is 20.5 Å². The number of hydrogen-bond donors (Lipinski definition) is 3. The van der Waals surface area contributed by atoms with Gasteiger partial charge in [-0.15, -0.1) is 24.0 Å². The number of nitrogens with zero attached hydrogens (tertiary/aromatic N) is 2. The van der Waals surface area contributed by atoms with Gasteiger partial charge in [-0.25, -0.2) is 4.99 Å². The van der Waals surface area contributed by atoms with E-state index in [1.165, 1.54) is 33.2 Å². The van der Waals surface area contributed by atoms with Crippen LogP contribution in [0.15, 0.2) is 53.7 Å². The van der Waals surface area contributed by atoms with Crippen LogP contribution in [-0.2, 0) is 19.5 Å². The quantitative estimate of drug-likeness (QED) is 0.234. The number of nitrogens with one attached hydrogen (secondary N) is 3. The molecule has 162 valence electrons. The highest BCUT2D eigenvalue weighted by atomic mass is 127. The number of aromatic nitrogens is 1. The molecule has 30 heavy (non-hydrogen) atoms. The van der Waals surface area contributed by atoms with E-state index >= 15 is 0 Å². The largest absolute Gasteiger partial charge is 0.361 e. The number of aromatic amines is 1. The molecule has 0 saturated heterocycles. The fourth-order valence-corrected chi connectivity index (χ4v) is 3.45. The molecule has 0 amide bonds. The predicted octanol–water partition coefficient (Wildman–Crippen LogP) is 4.45. The number of fused-ring (bicyclic) bond motifs is 1. The molecule has 3 rings (SSSR count). The Kier molecular flexibility index (Phi) is 9.65. The number of rotatable bonds is 8. The summed E-state index contributed by atoms with van der Waals surface area (Å²) in [6.07, 6.45) is 3.07. The first-order chi connectivity index (χ1) is 14.0. The lowest BCUT2D eigenvalue weighted by atomic mass is 10.1. The lowest BCUT2D eigenvalue weighted by Gasteiger charge is -2.12. The highest BCUT2D eigenvalue weighted by molar-refractivity contribution is 14.0. The fourth-order valence-electron chi connectivity index (χ4n) is 3.45. The van der Waals surface area contributed by atoms with Gasteiger partial charge in [0.1, 0.15) is 0 Å². The maximum Gasteiger partial charge on any atom is 0.191 e. The Morgan fingerprint density at radius 1 is 1.03 bits per heavy atom. The molecule has 3 N–H and O–H groups in total. The molecule has 0 spiro atoms. The molecular weight excluding hydrogens is 485 g/mol. The molecule has 0 bridgehead atoms. The molecule has 0 aliphatic rings. The van der Waals surface area contributed by atoms with E-state index in [-0.39, 0.29) is 24.0 Å². The molecule has 0 atom stereocenters. The van der Waals surface area contributed by atoms with Crippen LogP contribution in [0.5, 0.6) is 0 Å². The molecular formula is C24H34IN5. The van der Waals surface area contributed by atoms with Crippen molar-refractivity contribution < 1.29 is 0 Å².